The third-order valence-electron chi connectivity index (χ3n) is 3.38. The van der Waals surface area contributed by atoms with Crippen molar-refractivity contribution in [3.63, 3.8) is 0 Å². The van der Waals surface area contributed by atoms with Gasteiger partial charge in [0.2, 0.25) is 11.8 Å². The van der Waals surface area contributed by atoms with Crippen LogP contribution in [0.3, 0.4) is 0 Å². The summed E-state index contributed by atoms with van der Waals surface area (Å²) in [6.45, 7) is 0. The van der Waals surface area contributed by atoms with Crippen molar-refractivity contribution in [1.29, 1.82) is 0 Å². The fourth-order valence-corrected chi connectivity index (χ4v) is 2.45. The smallest absolute Gasteiger partial charge is 0.226 e. The van der Waals surface area contributed by atoms with Crippen LogP contribution < -0.4 is 5.32 Å². The van der Waals surface area contributed by atoms with E-state index in [0.29, 0.717) is 25.7 Å². The van der Waals surface area contributed by atoms with Gasteiger partial charge in [-0.1, -0.05) is 6.08 Å². The van der Waals surface area contributed by atoms with Gasteiger partial charge in [0.15, 0.2) is 5.78 Å². The number of Topliss-reactive ketones (excluding diaryl/α,β-unsaturated/α-hetero) is 1. The summed E-state index contributed by atoms with van der Waals surface area (Å²) in [6, 6.07) is 0. The van der Waals surface area contributed by atoms with Gasteiger partial charge in [0.25, 0.3) is 0 Å². The number of piperidine rings is 1. The van der Waals surface area contributed by atoms with E-state index >= 15 is 0 Å². The zero-order valence-electron chi connectivity index (χ0n) is 9.83. The lowest BCUT2D eigenvalue weighted by Crippen LogP contribution is -2.38. The Hall–Kier alpha value is -1.45. The van der Waals surface area contributed by atoms with E-state index in [1.54, 1.807) is 0 Å². The number of hydrogen-bond acceptors (Lipinski definition) is 3. The molecule has 0 atom stereocenters. The molecule has 4 heteroatoms. The number of hydrogen-bond donors (Lipinski definition) is 1. The van der Waals surface area contributed by atoms with Crippen LogP contribution >= 0.6 is 0 Å². The molecule has 0 spiro atoms. The molecule has 2 aliphatic rings. The van der Waals surface area contributed by atoms with E-state index in [9.17, 15) is 14.4 Å². The quantitative estimate of drug-likeness (QED) is 0.582. The van der Waals surface area contributed by atoms with E-state index in [-0.39, 0.29) is 23.5 Å². The zero-order chi connectivity index (χ0) is 12.3. The Kier molecular flexibility index (Phi) is 3.71. The van der Waals surface area contributed by atoms with E-state index in [4.69, 9.17) is 0 Å². The Morgan fingerprint density at radius 1 is 1.06 bits per heavy atom. The second kappa shape index (κ2) is 5.25. The molecule has 92 valence electrons. The molecule has 0 unspecified atom stereocenters. The molecule has 2 fully saturated rings. The maximum atomic E-state index is 11.6. The number of carbonyl (C=O) groups is 3. The molecule has 1 aliphatic carbocycles. The molecule has 4 nitrogen and oxygen atoms in total. The largest absolute Gasteiger partial charge is 0.296 e. The van der Waals surface area contributed by atoms with Crippen molar-refractivity contribution < 1.29 is 14.4 Å². The highest BCUT2D eigenvalue weighted by Gasteiger charge is 2.24. The van der Waals surface area contributed by atoms with Crippen LogP contribution in [0.1, 0.15) is 44.9 Å². The van der Waals surface area contributed by atoms with Crippen LogP contribution in [-0.2, 0) is 14.4 Å². The van der Waals surface area contributed by atoms with E-state index in [2.05, 4.69) is 5.32 Å². The van der Waals surface area contributed by atoms with Crippen molar-refractivity contribution in [1.82, 2.24) is 5.32 Å². The number of amides is 2. The average molecular weight is 235 g/mol. The highest BCUT2D eigenvalue weighted by molar-refractivity contribution is 5.98. The van der Waals surface area contributed by atoms with Gasteiger partial charge >= 0.3 is 0 Å². The van der Waals surface area contributed by atoms with Crippen LogP contribution in [0.5, 0.6) is 0 Å². The Balaban J connectivity index is 1.92. The summed E-state index contributed by atoms with van der Waals surface area (Å²) >= 11 is 0. The van der Waals surface area contributed by atoms with Crippen LogP contribution in [0, 0.1) is 5.92 Å². The third kappa shape index (κ3) is 3.25. The monoisotopic (exact) mass is 235 g/mol. The molecule has 1 saturated carbocycles. The number of carbonyl (C=O) groups excluding carboxylic acids is 3. The Bertz CT molecular complexity index is 368. The highest BCUT2D eigenvalue weighted by atomic mass is 16.2. The van der Waals surface area contributed by atoms with E-state index in [0.717, 1.165) is 24.8 Å². The summed E-state index contributed by atoms with van der Waals surface area (Å²) < 4.78 is 0. The van der Waals surface area contributed by atoms with Crippen LogP contribution in [0.4, 0.5) is 0 Å². The molecule has 0 aromatic heterocycles. The Morgan fingerprint density at radius 3 is 2.35 bits per heavy atom. The van der Waals surface area contributed by atoms with Gasteiger partial charge in [-0.05, 0) is 37.2 Å². The fourth-order valence-electron chi connectivity index (χ4n) is 2.45. The lowest BCUT2D eigenvalue weighted by atomic mass is 9.88. The lowest BCUT2D eigenvalue weighted by Gasteiger charge is -2.20. The zero-order valence-corrected chi connectivity index (χ0v) is 9.83. The van der Waals surface area contributed by atoms with E-state index < -0.39 is 0 Å². The van der Waals surface area contributed by atoms with Gasteiger partial charge < -0.3 is 0 Å². The minimum Gasteiger partial charge on any atom is -0.296 e. The molecule has 0 bridgehead atoms. The summed E-state index contributed by atoms with van der Waals surface area (Å²) in [4.78, 5) is 33.9. The number of rotatable bonds is 2. The fraction of sp³-hybridized carbons (Fsp3) is 0.615. The van der Waals surface area contributed by atoms with E-state index in [1.165, 1.54) is 0 Å². The van der Waals surface area contributed by atoms with E-state index in [1.807, 2.05) is 6.08 Å². The number of allylic oxidation sites excluding steroid dienone is 2. The highest BCUT2D eigenvalue weighted by Crippen LogP contribution is 2.24. The first kappa shape index (κ1) is 12.0. The molecule has 2 amide bonds. The van der Waals surface area contributed by atoms with Gasteiger partial charge in [-0.15, -0.1) is 0 Å². The normalized spacial score (nSPS) is 25.2. The predicted molar refractivity (Wildman–Crippen MR) is 62.0 cm³/mol. The first-order valence-electron chi connectivity index (χ1n) is 6.20. The molecule has 0 aromatic carbocycles. The van der Waals surface area contributed by atoms with Gasteiger partial charge in [0.1, 0.15) is 0 Å². The van der Waals surface area contributed by atoms with Crippen molar-refractivity contribution in [3.05, 3.63) is 11.6 Å². The number of ketones is 1. The SMILES string of the molecule is O=C1CC(C/C=C2\CCCCC2=O)CC(=O)N1. The molecule has 0 aromatic rings. The summed E-state index contributed by atoms with van der Waals surface area (Å²) in [5, 5.41) is 2.29. The van der Waals surface area contributed by atoms with Crippen molar-refractivity contribution in [3.8, 4) is 0 Å². The van der Waals surface area contributed by atoms with Crippen molar-refractivity contribution in [2.75, 3.05) is 0 Å². The number of imide groups is 1. The molecular weight excluding hydrogens is 218 g/mol. The first-order chi connectivity index (χ1) is 8.15. The second-order valence-corrected chi connectivity index (χ2v) is 4.84. The summed E-state index contributed by atoms with van der Waals surface area (Å²) in [6.07, 6.45) is 6.95. The molecule has 17 heavy (non-hydrogen) atoms. The molecule has 1 saturated heterocycles. The third-order valence-corrected chi connectivity index (χ3v) is 3.38. The maximum absolute atomic E-state index is 11.6. The van der Waals surface area contributed by atoms with Crippen molar-refractivity contribution >= 4 is 17.6 Å². The minimum atomic E-state index is -0.195. The summed E-state index contributed by atoms with van der Waals surface area (Å²) in [5.41, 5.74) is 0.898. The number of nitrogens with one attached hydrogen (secondary N) is 1. The molecule has 1 N–H and O–H groups in total. The maximum Gasteiger partial charge on any atom is 0.226 e. The van der Waals surface area contributed by atoms with Gasteiger partial charge in [-0.2, -0.15) is 0 Å². The minimum absolute atomic E-state index is 0.0680. The van der Waals surface area contributed by atoms with Crippen LogP contribution in [0.2, 0.25) is 0 Å². The standard InChI is InChI=1S/C13H17NO3/c15-11-4-2-1-3-10(11)6-5-9-7-12(16)14-13(17)8-9/h6,9H,1-5,7-8H2,(H,14,16,17)/b10-6+. The summed E-state index contributed by atoms with van der Waals surface area (Å²) in [5.74, 6) is -0.0828. The van der Waals surface area contributed by atoms with Gasteiger partial charge in [0.05, 0.1) is 0 Å². The van der Waals surface area contributed by atoms with Crippen LogP contribution in [-0.4, -0.2) is 17.6 Å². The van der Waals surface area contributed by atoms with Crippen molar-refractivity contribution in [2.45, 2.75) is 44.9 Å². The Labute approximate surface area is 100 Å². The van der Waals surface area contributed by atoms with Crippen LogP contribution in [0.25, 0.3) is 0 Å². The van der Waals surface area contributed by atoms with Gasteiger partial charge in [-0.25, -0.2) is 0 Å². The average Bonchev–Trinajstić information content (AvgIpc) is 2.27. The van der Waals surface area contributed by atoms with Gasteiger partial charge in [-0.3, -0.25) is 19.7 Å². The molecule has 1 heterocycles. The second-order valence-electron chi connectivity index (χ2n) is 4.84. The van der Waals surface area contributed by atoms with Gasteiger partial charge in [0, 0.05) is 19.3 Å². The van der Waals surface area contributed by atoms with Crippen LogP contribution in [0.15, 0.2) is 11.6 Å². The lowest BCUT2D eigenvalue weighted by molar-refractivity contribution is -0.134. The summed E-state index contributed by atoms with van der Waals surface area (Å²) in [7, 11) is 0. The predicted octanol–water partition coefficient (Wildman–Crippen LogP) is 1.50. The first-order valence-corrected chi connectivity index (χ1v) is 6.20. The molecule has 0 radical (unpaired) electrons. The Morgan fingerprint density at radius 2 is 1.71 bits per heavy atom. The molecule has 1 aliphatic heterocycles. The topological polar surface area (TPSA) is 63.2 Å². The molecular formula is C13H17NO3. The molecule has 2 rings (SSSR count). The van der Waals surface area contributed by atoms with Crippen molar-refractivity contribution in [2.24, 2.45) is 5.92 Å².